The Balaban J connectivity index is 1.45. The molecule has 0 unspecified atom stereocenters. The maximum Gasteiger partial charge on any atom is 0.161 e. The topological polar surface area (TPSA) is 48.4 Å². The third-order valence-electron chi connectivity index (χ3n) is 6.12. The van der Waals surface area contributed by atoms with Crippen molar-refractivity contribution in [2.75, 3.05) is 66.6 Å². The molecule has 0 spiro atoms. The molecule has 0 radical (unpaired) electrons. The van der Waals surface area contributed by atoms with Crippen LogP contribution in [0.2, 0.25) is 0 Å². The van der Waals surface area contributed by atoms with Gasteiger partial charge in [0.2, 0.25) is 0 Å². The van der Waals surface area contributed by atoms with E-state index in [4.69, 9.17) is 9.47 Å². The van der Waals surface area contributed by atoms with Crippen molar-refractivity contribution >= 4 is 0 Å². The Kier molecular flexibility index (Phi) is 9.81. The fraction of sp³-hybridized carbons (Fsp3) is 0.538. The van der Waals surface area contributed by atoms with Crippen molar-refractivity contribution in [3.8, 4) is 11.5 Å². The van der Waals surface area contributed by atoms with Crippen molar-refractivity contribution < 1.29 is 14.6 Å². The molecule has 6 nitrogen and oxygen atoms in total. The van der Waals surface area contributed by atoms with Gasteiger partial charge in [-0.3, -0.25) is 4.90 Å². The van der Waals surface area contributed by atoms with Gasteiger partial charge in [0.25, 0.3) is 0 Å². The van der Waals surface area contributed by atoms with E-state index < -0.39 is 6.10 Å². The quantitative estimate of drug-likeness (QED) is 0.547. The van der Waals surface area contributed by atoms with Crippen molar-refractivity contribution in [2.24, 2.45) is 0 Å². The summed E-state index contributed by atoms with van der Waals surface area (Å²) in [5.41, 5.74) is 2.53. The second kappa shape index (κ2) is 12.8. The summed E-state index contributed by atoms with van der Waals surface area (Å²) >= 11 is 0. The van der Waals surface area contributed by atoms with E-state index in [2.05, 4.69) is 65.1 Å². The number of benzene rings is 2. The predicted molar refractivity (Wildman–Crippen MR) is 130 cm³/mol. The average molecular weight is 442 g/mol. The average Bonchev–Trinajstić information content (AvgIpc) is 2.83. The Bertz CT molecular complexity index is 794. The van der Waals surface area contributed by atoms with Gasteiger partial charge < -0.3 is 24.4 Å². The lowest BCUT2D eigenvalue weighted by molar-refractivity contribution is 0.0464. The van der Waals surface area contributed by atoms with Crippen LogP contribution in [0.3, 0.4) is 0 Å². The molecule has 1 aliphatic rings. The van der Waals surface area contributed by atoms with E-state index in [1.165, 1.54) is 11.1 Å². The molecule has 0 saturated carbocycles. The largest absolute Gasteiger partial charge is 0.493 e. The first kappa shape index (κ1) is 24.5. The molecule has 6 heteroatoms. The number of likely N-dealkylation sites (N-methyl/N-ethyl adjacent to an activating group) is 2. The summed E-state index contributed by atoms with van der Waals surface area (Å²) < 4.78 is 11.5. The van der Waals surface area contributed by atoms with E-state index in [0.29, 0.717) is 18.0 Å². The molecule has 3 rings (SSSR count). The molecule has 2 aromatic rings. The van der Waals surface area contributed by atoms with Crippen molar-refractivity contribution in [3.05, 3.63) is 59.7 Å². The first-order chi connectivity index (χ1) is 15.6. The van der Waals surface area contributed by atoms with Gasteiger partial charge in [0, 0.05) is 45.8 Å². The van der Waals surface area contributed by atoms with Crippen LogP contribution < -0.4 is 9.47 Å². The van der Waals surface area contributed by atoms with Gasteiger partial charge in [-0.15, -0.1) is 0 Å². The zero-order chi connectivity index (χ0) is 22.8. The van der Waals surface area contributed by atoms with Crippen LogP contribution in [0, 0.1) is 0 Å². The summed E-state index contributed by atoms with van der Waals surface area (Å²) in [4.78, 5) is 7.06. The Morgan fingerprint density at radius 1 is 0.969 bits per heavy atom. The second-order valence-corrected chi connectivity index (χ2v) is 8.66. The minimum atomic E-state index is -0.517. The number of rotatable bonds is 12. The number of nitrogens with zero attached hydrogens (tertiary/aromatic N) is 3. The number of piperazine rings is 1. The molecule has 0 bridgehead atoms. The summed E-state index contributed by atoms with van der Waals surface area (Å²) in [6, 6.07) is 16.6. The maximum absolute atomic E-state index is 10.4. The van der Waals surface area contributed by atoms with Crippen molar-refractivity contribution in [1.82, 2.24) is 14.7 Å². The van der Waals surface area contributed by atoms with Crippen LogP contribution in [0.1, 0.15) is 18.1 Å². The summed E-state index contributed by atoms with van der Waals surface area (Å²) in [5, 5.41) is 10.4. The summed E-state index contributed by atoms with van der Waals surface area (Å²) in [7, 11) is 3.80. The normalized spacial score (nSPS) is 16.3. The fourth-order valence-corrected chi connectivity index (χ4v) is 4.11. The highest BCUT2D eigenvalue weighted by atomic mass is 16.5. The van der Waals surface area contributed by atoms with Crippen LogP contribution in [-0.2, 0) is 13.0 Å². The number of aliphatic hydroxyl groups excluding tert-OH is 1. The molecule has 1 N–H and O–H groups in total. The van der Waals surface area contributed by atoms with E-state index in [9.17, 15) is 5.11 Å². The molecule has 2 aromatic carbocycles. The molecule has 32 heavy (non-hydrogen) atoms. The number of methoxy groups -OCH3 is 1. The zero-order valence-corrected chi connectivity index (χ0v) is 19.9. The highest BCUT2D eigenvalue weighted by molar-refractivity contribution is 5.43. The zero-order valence-electron chi connectivity index (χ0n) is 19.9. The van der Waals surface area contributed by atoms with Gasteiger partial charge in [0.1, 0.15) is 12.7 Å². The molecule has 1 saturated heterocycles. The van der Waals surface area contributed by atoms with Crippen LogP contribution in [0.4, 0.5) is 0 Å². The number of β-amino-alcohol motifs (C(OH)–C–C–N with tert-alkyl or cyclic N) is 1. The maximum atomic E-state index is 10.4. The van der Waals surface area contributed by atoms with E-state index in [1.807, 2.05) is 12.1 Å². The van der Waals surface area contributed by atoms with Crippen molar-refractivity contribution in [2.45, 2.75) is 26.0 Å². The number of hydrogen-bond donors (Lipinski definition) is 1. The summed E-state index contributed by atoms with van der Waals surface area (Å²) in [6.07, 6.45) is 0.512. The van der Waals surface area contributed by atoms with Gasteiger partial charge in [-0.05, 0) is 43.3 Å². The van der Waals surface area contributed by atoms with Gasteiger partial charge in [-0.25, -0.2) is 0 Å². The third-order valence-corrected chi connectivity index (χ3v) is 6.12. The molecule has 1 atom stereocenters. The third kappa shape index (κ3) is 7.78. The molecule has 1 aliphatic heterocycles. The van der Waals surface area contributed by atoms with Crippen molar-refractivity contribution in [3.63, 3.8) is 0 Å². The van der Waals surface area contributed by atoms with Gasteiger partial charge >= 0.3 is 0 Å². The van der Waals surface area contributed by atoms with E-state index >= 15 is 0 Å². The summed E-state index contributed by atoms with van der Waals surface area (Å²) in [5.74, 6) is 1.39. The Labute approximate surface area is 193 Å². The van der Waals surface area contributed by atoms with Crippen LogP contribution in [-0.4, -0.2) is 92.5 Å². The van der Waals surface area contributed by atoms with Gasteiger partial charge in [0.15, 0.2) is 11.5 Å². The van der Waals surface area contributed by atoms with Crippen molar-refractivity contribution in [1.29, 1.82) is 0 Å². The monoisotopic (exact) mass is 441 g/mol. The highest BCUT2D eigenvalue weighted by Crippen LogP contribution is 2.28. The molecular weight excluding hydrogens is 402 g/mol. The van der Waals surface area contributed by atoms with E-state index in [-0.39, 0.29) is 6.61 Å². The second-order valence-electron chi connectivity index (χ2n) is 8.66. The molecule has 0 amide bonds. The molecular formula is C26H39N3O3. The molecule has 1 fully saturated rings. The summed E-state index contributed by atoms with van der Waals surface area (Å²) in [6.45, 7) is 10.2. The predicted octanol–water partition coefficient (Wildman–Crippen LogP) is 2.75. The van der Waals surface area contributed by atoms with Crippen LogP contribution in [0.25, 0.3) is 0 Å². The number of hydrogen-bond acceptors (Lipinski definition) is 6. The lowest BCUT2D eigenvalue weighted by Crippen LogP contribution is -2.49. The minimum Gasteiger partial charge on any atom is -0.493 e. The van der Waals surface area contributed by atoms with Crippen LogP contribution in [0.5, 0.6) is 11.5 Å². The molecule has 176 valence electrons. The van der Waals surface area contributed by atoms with Crippen LogP contribution >= 0.6 is 0 Å². The standard InChI is InChI=1S/C26H39N3O3/c1-4-28-14-16-29(17-15-28)20-24(30)21-32-25-11-10-23(18-26(25)31-3)19-27(2)13-12-22-8-6-5-7-9-22/h5-11,18,24,30H,4,12-17,19-21H2,1-3H3/t24-/m1/s1. The van der Waals surface area contributed by atoms with Gasteiger partial charge in [0.05, 0.1) is 7.11 Å². The smallest absolute Gasteiger partial charge is 0.161 e. The Hall–Kier alpha value is -2.12. The molecule has 1 heterocycles. The van der Waals surface area contributed by atoms with Crippen LogP contribution in [0.15, 0.2) is 48.5 Å². The van der Waals surface area contributed by atoms with Gasteiger partial charge in [-0.2, -0.15) is 0 Å². The van der Waals surface area contributed by atoms with Gasteiger partial charge in [-0.1, -0.05) is 43.3 Å². The fourth-order valence-electron chi connectivity index (χ4n) is 4.11. The molecule has 0 aromatic heterocycles. The lowest BCUT2D eigenvalue weighted by atomic mass is 10.1. The number of aliphatic hydroxyl groups is 1. The SMILES string of the molecule is CCN1CCN(C[C@@H](O)COc2ccc(CN(C)CCc3ccccc3)cc2OC)CC1. The Morgan fingerprint density at radius 2 is 1.69 bits per heavy atom. The first-order valence-corrected chi connectivity index (χ1v) is 11.7. The highest BCUT2D eigenvalue weighted by Gasteiger charge is 2.19. The lowest BCUT2D eigenvalue weighted by Gasteiger charge is -2.34. The van der Waals surface area contributed by atoms with E-state index in [0.717, 1.165) is 52.2 Å². The minimum absolute atomic E-state index is 0.265. The first-order valence-electron chi connectivity index (χ1n) is 11.7. The Morgan fingerprint density at radius 3 is 2.38 bits per heavy atom. The molecule has 0 aliphatic carbocycles. The number of ether oxygens (including phenoxy) is 2. The van der Waals surface area contributed by atoms with E-state index in [1.54, 1.807) is 7.11 Å².